The van der Waals surface area contributed by atoms with Crippen molar-refractivity contribution < 1.29 is 19.4 Å². The molecular weight excluding hydrogens is 258 g/mol. The molecular formula is C15H15NO4. The van der Waals surface area contributed by atoms with E-state index in [1.807, 2.05) is 24.3 Å². The van der Waals surface area contributed by atoms with E-state index in [-0.39, 0.29) is 12.3 Å². The van der Waals surface area contributed by atoms with Crippen molar-refractivity contribution in [3.63, 3.8) is 0 Å². The Morgan fingerprint density at radius 2 is 2.10 bits per heavy atom. The Balaban J connectivity index is 2.09. The first-order chi connectivity index (χ1) is 9.70. The minimum Gasteiger partial charge on any atom is -0.489 e. The molecule has 1 aromatic heterocycles. The summed E-state index contributed by atoms with van der Waals surface area (Å²) in [6, 6.07) is 10.9. The summed E-state index contributed by atoms with van der Waals surface area (Å²) in [4.78, 5) is 14.9. The Hall–Kier alpha value is -2.40. The second-order valence-corrected chi connectivity index (χ2v) is 4.19. The third-order valence-corrected chi connectivity index (χ3v) is 2.70. The summed E-state index contributed by atoms with van der Waals surface area (Å²) >= 11 is 0. The summed E-state index contributed by atoms with van der Waals surface area (Å²) in [6.45, 7) is 0.663. The summed E-state index contributed by atoms with van der Waals surface area (Å²) in [6.07, 6.45) is 1.45. The number of hydrogen-bond donors (Lipinski definition) is 1. The van der Waals surface area contributed by atoms with Crippen molar-refractivity contribution in [2.45, 2.75) is 13.2 Å². The number of methoxy groups -OCH3 is 1. The number of carboxylic acids is 1. The maximum atomic E-state index is 11.0. The molecule has 0 amide bonds. The molecule has 2 rings (SSSR count). The molecule has 2 aromatic rings. The van der Waals surface area contributed by atoms with Crippen molar-refractivity contribution in [2.24, 2.45) is 0 Å². The first kappa shape index (κ1) is 14.0. The fraction of sp³-hybridized carbons (Fsp3) is 0.200. The zero-order valence-corrected chi connectivity index (χ0v) is 11.1. The highest BCUT2D eigenvalue weighted by molar-refractivity contribution is 5.86. The van der Waals surface area contributed by atoms with Gasteiger partial charge in [0.05, 0.1) is 6.61 Å². The van der Waals surface area contributed by atoms with Gasteiger partial charge in [0.2, 0.25) is 0 Å². The lowest BCUT2D eigenvalue weighted by Gasteiger charge is -2.09. The van der Waals surface area contributed by atoms with Gasteiger partial charge in [0.25, 0.3) is 0 Å². The number of ether oxygens (including phenoxy) is 2. The molecule has 104 valence electrons. The van der Waals surface area contributed by atoms with E-state index in [9.17, 15) is 4.79 Å². The number of carboxylic acid groups (broad SMARTS) is 1. The summed E-state index contributed by atoms with van der Waals surface area (Å²) < 4.78 is 10.7. The molecule has 0 atom stereocenters. The Morgan fingerprint density at radius 1 is 1.25 bits per heavy atom. The van der Waals surface area contributed by atoms with Crippen molar-refractivity contribution in [3.05, 3.63) is 59.4 Å². The third kappa shape index (κ3) is 3.55. The second-order valence-electron chi connectivity index (χ2n) is 4.19. The van der Waals surface area contributed by atoms with Crippen molar-refractivity contribution >= 4 is 5.97 Å². The zero-order valence-electron chi connectivity index (χ0n) is 11.1. The molecule has 1 aromatic carbocycles. The molecule has 5 nitrogen and oxygen atoms in total. The van der Waals surface area contributed by atoms with Crippen LogP contribution in [0.5, 0.6) is 5.75 Å². The van der Waals surface area contributed by atoms with Gasteiger partial charge < -0.3 is 14.6 Å². The predicted octanol–water partition coefficient (Wildman–Crippen LogP) is 2.51. The van der Waals surface area contributed by atoms with Crippen LogP contribution in [0.25, 0.3) is 0 Å². The quantitative estimate of drug-likeness (QED) is 0.875. The highest BCUT2D eigenvalue weighted by Gasteiger charge is 2.11. The van der Waals surface area contributed by atoms with Crippen molar-refractivity contribution in [2.75, 3.05) is 7.11 Å². The lowest BCUT2D eigenvalue weighted by molar-refractivity contribution is 0.0687. The minimum atomic E-state index is -1.06. The molecule has 0 saturated carbocycles. The van der Waals surface area contributed by atoms with Crippen LogP contribution in [-0.4, -0.2) is 23.2 Å². The molecule has 0 fully saturated rings. The number of hydrogen-bond acceptors (Lipinski definition) is 4. The molecule has 0 bridgehead atoms. The zero-order chi connectivity index (χ0) is 14.4. The molecule has 1 heterocycles. The molecule has 0 aliphatic heterocycles. The van der Waals surface area contributed by atoms with Crippen LogP contribution in [-0.2, 0) is 18.0 Å². The minimum absolute atomic E-state index is 0.0144. The first-order valence-corrected chi connectivity index (χ1v) is 6.08. The number of benzene rings is 1. The number of aromatic carboxylic acids is 1. The Bertz CT molecular complexity index is 598. The number of carbonyl (C=O) groups is 1. The second kappa shape index (κ2) is 6.68. The largest absolute Gasteiger partial charge is 0.489 e. The van der Waals surface area contributed by atoms with E-state index < -0.39 is 5.97 Å². The fourth-order valence-electron chi connectivity index (χ4n) is 1.80. The highest BCUT2D eigenvalue weighted by Crippen LogP contribution is 2.16. The number of rotatable bonds is 6. The van der Waals surface area contributed by atoms with Gasteiger partial charge in [-0.3, -0.25) is 0 Å². The van der Waals surface area contributed by atoms with Crippen LogP contribution in [0.3, 0.4) is 0 Å². The van der Waals surface area contributed by atoms with E-state index >= 15 is 0 Å². The monoisotopic (exact) mass is 273 g/mol. The maximum Gasteiger partial charge on any atom is 0.354 e. The van der Waals surface area contributed by atoms with Gasteiger partial charge in [-0.15, -0.1) is 0 Å². The third-order valence-electron chi connectivity index (χ3n) is 2.70. The molecule has 5 heteroatoms. The Labute approximate surface area is 116 Å². The summed E-state index contributed by atoms with van der Waals surface area (Å²) in [5.74, 6) is -0.392. The van der Waals surface area contributed by atoms with Crippen LogP contribution in [0, 0.1) is 0 Å². The predicted molar refractivity (Wildman–Crippen MR) is 72.7 cm³/mol. The maximum absolute atomic E-state index is 11.0. The Morgan fingerprint density at radius 3 is 2.85 bits per heavy atom. The van der Waals surface area contributed by atoms with E-state index in [0.717, 1.165) is 5.56 Å². The van der Waals surface area contributed by atoms with E-state index in [1.165, 1.54) is 6.20 Å². The summed E-state index contributed by atoms with van der Waals surface area (Å²) in [5, 5.41) is 9.04. The van der Waals surface area contributed by atoms with Gasteiger partial charge in [-0.05, 0) is 23.8 Å². The molecule has 0 unspecified atom stereocenters. The van der Waals surface area contributed by atoms with Crippen LogP contribution in [0.1, 0.15) is 21.6 Å². The smallest absolute Gasteiger partial charge is 0.354 e. The van der Waals surface area contributed by atoms with Crippen LogP contribution < -0.4 is 4.74 Å². The number of aromatic nitrogens is 1. The van der Waals surface area contributed by atoms with Gasteiger partial charge in [0.15, 0.2) is 5.69 Å². The van der Waals surface area contributed by atoms with Crippen molar-refractivity contribution in [3.8, 4) is 5.75 Å². The summed E-state index contributed by atoms with van der Waals surface area (Å²) in [7, 11) is 1.63. The van der Waals surface area contributed by atoms with Gasteiger partial charge in [-0.1, -0.05) is 18.2 Å². The SMILES string of the molecule is COCc1cccc(OCc2cccnc2C(=O)O)c1. The molecule has 0 saturated heterocycles. The highest BCUT2D eigenvalue weighted by atomic mass is 16.5. The number of pyridine rings is 1. The van der Waals surface area contributed by atoms with E-state index in [4.69, 9.17) is 14.6 Å². The number of nitrogens with zero attached hydrogens (tertiary/aromatic N) is 1. The fourth-order valence-corrected chi connectivity index (χ4v) is 1.80. The average Bonchev–Trinajstić information content (AvgIpc) is 2.46. The van der Waals surface area contributed by atoms with Crippen LogP contribution in [0.15, 0.2) is 42.6 Å². The van der Waals surface area contributed by atoms with Gasteiger partial charge in [-0.2, -0.15) is 0 Å². The standard InChI is InChI=1S/C15H15NO4/c1-19-9-11-4-2-6-13(8-11)20-10-12-5-3-7-16-14(12)15(17)18/h2-8H,9-10H2,1H3,(H,17,18). The molecule has 1 N–H and O–H groups in total. The van der Waals surface area contributed by atoms with Gasteiger partial charge >= 0.3 is 5.97 Å². The molecule has 0 spiro atoms. The van der Waals surface area contributed by atoms with Crippen molar-refractivity contribution in [1.82, 2.24) is 4.98 Å². The van der Waals surface area contributed by atoms with E-state index in [1.54, 1.807) is 19.2 Å². The van der Waals surface area contributed by atoms with Gasteiger partial charge in [0.1, 0.15) is 12.4 Å². The van der Waals surface area contributed by atoms with Gasteiger partial charge in [-0.25, -0.2) is 9.78 Å². The molecule has 0 aliphatic carbocycles. The van der Waals surface area contributed by atoms with Crippen LogP contribution in [0.4, 0.5) is 0 Å². The molecule has 0 aliphatic rings. The van der Waals surface area contributed by atoms with E-state index in [2.05, 4.69) is 4.98 Å². The normalized spacial score (nSPS) is 10.2. The molecule has 20 heavy (non-hydrogen) atoms. The topological polar surface area (TPSA) is 68.7 Å². The van der Waals surface area contributed by atoms with Crippen LogP contribution in [0.2, 0.25) is 0 Å². The Kier molecular flexibility index (Phi) is 4.68. The lowest BCUT2D eigenvalue weighted by Crippen LogP contribution is -2.07. The molecule has 0 radical (unpaired) electrons. The first-order valence-electron chi connectivity index (χ1n) is 6.08. The van der Waals surface area contributed by atoms with E-state index in [0.29, 0.717) is 17.9 Å². The lowest BCUT2D eigenvalue weighted by atomic mass is 10.2. The van der Waals surface area contributed by atoms with Crippen molar-refractivity contribution in [1.29, 1.82) is 0 Å². The average molecular weight is 273 g/mol. The van der Waals surface area contributed by atoms with Crippen LogP contribution >= 0.6 is 0 Å². The van der Waals surface area contributed by atoms with Gasteiger partial charge in [0, 0.05) is 18.9 Å². The summed E-state index contributed by atoms with van der Waals surface area (Å²) in [5.41, 5.74) is 1.55.